The molecular formula is C12H19ClN2S. The van der Waals surface area contributed by atoms with E-state index < -0.39 is 0 Å². The summed E-state index contributed by atoms with van der Waals surface area (Å²) < 4.78 is 0. The van der Waals surface area contributed by atoms with Crippen molar-refractivity contribution in [1.29, 1.82) is 0 Å². The van der Waals surface area contributed by atoms with Crippen LogP contribution in [0.1, 0.15) is 31.0 Å². The quantitative estimate of drug-likeness (QED) is 0.773. The molecule has 2 atom stereocenters. The van der Waals surface area contributed by atoms with E-state index in [0.717, 1.165) is 24.1 Å². The van der Waals surface area contributed by atoms with Crippen LogP contribution in [-0.2, 0) is 12.4 Å². The predicted octanol–water partition coefficient (Wildman–Crippen LogP) is 3.36. The zero-order valence-corrected chi connectivity index (χ0v) is 11.5. The number of piperidine rings is 1. The molecule has 1 aliphatic rings. The summed E-state index contributed by atoms with van der Waals surface area (Å²) in [5.74, 6) is 2.16. The third-order valence-corrected chi connectivity index (χ3v) is 4.20. The highest BCUT2D eigenvalue weighted by Crippen LogP contribution is 2.23. The Morgan fingerprint density at radius 1 is 1.44 bits per heavy atom. The van der Waals surface area contributed by atoms with Crippen LogP contribution in [0.15, 0.2) is 5.38 Å². The maximum atomic E-state index is 5.76. The zero-order valence-electron chi connectivity index (χ0n) is 9.95. The molecule has 4 heteroatoms. The molecule has 1 aliphatic heterocycles. The standard InChI is InChI=1S/C12H19ClN2S/c1-9-3-10(2)6-15(5-9)7-12-14-11(4-13)8-16-12/h8-10H,3-7H2,1-2H3. The number of hydrogen-bond donors (Lipinski definition) is 0. The third-order valence-electron chi connectivity index (χ3n) is 3.04. The third kappa shape index (κ3) is 3.19. The fourth-order valence-electron chi connectivity index (χ4n) is 2.60. The van der Waals surface area contributed by atoms with Gasteiger partial charge in [0.2, 0.25) is 0 Å². The van der Waals surface area contributed by atoms with Crippen molar-refractivity contribution < 1.29 is 0 Å². The summed E-state index contributed by atoms with van der Waals surface area (Å²) in [4.78, 5) is 7.04. The van der Waals surface area contributed by atoms with Crippen LogP contribution in [0.2, 0.25) is 0 Å². The van der Waals surface area contributed by atoms with Gasteiger partial charge in [0.05, 0.1) is 18.1 Å². The summed E-state index contributed by atoms with van der Waals surface area (Å²) >= 11 is 7.49. The molecule has 1 saturated heterocycles. The molecule has 1 fully saturated rings. The Bertz CT molecular complexity index is 330. The maximum Gasteiger partial charge on any atom is 0.107 e. The van der Waals surface area contributed by atoms with Crippen LogP contribution in [0.5, 0.6) is 0 Å². The molecule has 1 aromatic rings. The lowest BCUT2D eigenvalue weighted by Crippen LogP contribution is -2.38. The Labute approximate surface area is 107 Å². The average molecular weight is 259 g/mol. The van der Waals surface area contributed by atoms with E-state index in [2.05, 4.69) is 29.1 Å². The first-order chi connectivity index (χ1) is 7.67. The number of hydrogen-bond acceptors (Lipinski definition) is 3. The molecule has 0 bridgehead atoms. The van der Waals surface area contributed by atoms with E-state index in [9.17, 15) is 0 Å². The number of halogens is 1. The van der Waals surface area contributed by atoms with Crippen LogP contribution >= 0.6 is 22.9 Å². The number of alkyl halides is 1. The van der Waals surface area contributed by atoms with Gasteiger partial charge in [-0.05, 0) is 18.3 Å². The highest BCUT2D eigenvalue weighted by molar-refractivity contribution is 7.09. The van der Waals surface area contributed by atoms with Crippen LogP contribution in [0, 0.1) is 11.8 Å². The average Bonchev–Trinajstić information content (AvgIpc) is 2.64. The van der Waals surface area contributed by atoms with Crippen molar-refractivity contribution in [2.75, 3.05) is 13.1 Å². The van der Waals surface area contributed by atoms with E-state index in [1.807, 2.05) is 0 Å². The van der Waals surface area contributed by atoms with E-state index in [4.69, 9.17) is 11.6 Å². The summed E-state index contributed by atoms with van der Waals surface area (Å²) in [7, 11) is 0. The smallest absolute Gasteiger partial charge is 0.107 e. The first kappa shape index (κ1) is 12.3. The maximum absolute atomic E-state index is 5.76. The van der Waals surface area contributed by atoms with Gasteiger partial charge in [-0.2, -0.15) is 0 Å². The lowest BCUT2D eigenvalue weighted by atomic mass is 9.92. The van der Waals surface area contributed by atoms with Gasteiger partial charge in [0.15, 0.2) is 0 Å². The Kier molecular flexibility index (Phi) is 4.22. The number of likely N-dealkylation sites (tertiary alicyclic amines) is 1. The molecular weight excluding hydrogens is 240 g/mol. The van der Waals surface area contributed by atoms with Gasteiger partial charge in [-0.3, -0.25) is 4.90 Å². The molecule has 0 spiro atoms. The van der Waals surface area contributed by atoms with Gasteiger partial charge in [-0.1, -0.05) is 13.8 Å². The number of thiazole rings is 1. The van der Waals surface area contributed by atoms with Crippen molar-refractivity contribution in [2.24, 2.45) is 11.8 Å². The molecule has 0 aliphatic carbocycles. The number of rotatable bonds is 3. The molecule has 2 rings (SSSR count). The second-order valence-electron chi connectivity index (χ2n) is 5.01. The largest absolute Gasteiger partial charge is 0.296 e. The van der Waals surface area contributed by atoms with Crippen LogP contribution in [0.4, 0.5) is 0 Å². The fraction of sp³-hybridized carbons (Fsp3) is 0.750. The van der Waals surface area contributed by atoms with E-state index in [-0.39, 0.29) is 0 Å². The minimum Gasteiger partial charge on any atom is -0.296 e. The second kappa shape index (κ2) is 5.48. The summed E-state index contributed by atoms with van der Waals surface area (Å²) in [6, 6.07) is 0. The molecule has 0 saturated carbocycles. The van der Waals surface area contributed by atoms with Crippen molar-refractivity contribution >= 4 is 22.9 Å². The van der Waals surface area contributed by atoms with Crippen molar-refractivity contribution in [2.45, 2.75) is 32.7 Å². The SMILES string of the molecule is CC1CC(C)CN(Cc2nc(CCl)cs2)C1. The Balaban J connectivity index is 1.93. The highest BCUT2D eigenvalue weighted by atomic mass is 35.5. The molecule has 0 aromatic carbocycles. The Morgan fingerprint density at radius 2 is 2.12 bits per heavy atom. The van der Waals surface area contributed by atoms with E-state index in [1.165, 1.54) is 24.5 Å². The zero-order chi connectivity index (χ0) is 11.5. The van der Waals surface area contributed by atoms with Gasteiger partial charge in [0.1, 0.15) is 5.01 Å². The van der Waals surface area contributed by atoms with Gasteiger partial charge in [-0.15, -0.1) is 22.9 Å². The van der Waals surface area contributed by atoms with Gasteiger partial charge >= 0.3 is 0 Å². The molecule has 16 heavy (non-hydrogen) atoms. The van der Waals surface area contributed by atoms with E-state index in [0.29, 0.717) is 5.88 Å². The first-order valence-corrected chi connectivity index (χ1v) is 7.30. The number of aromatic nitrogens is 1. The first-order valence-electron chi connectivity index (χ1n) is 5.89. The Morgan fingerprint density at radius 3 is 2.69 bits per heavy atom. The van der Waals surface area contributed by atoms with Crippen molar-refractivity contribution in [3.05, 3.63) is 16.1 Å². The topological polar surface area (TPSA) is 16.1 Å². The molecule has 90 valence electrons. The molecule has 2 heterocycles. The van der Waals surface area contributed by atoms with E-state index >= 15 is 0 Å². The lowest BCUT2D eigenvalue weighted by molar-refractivity contribution is 0.134. The molecule has 0 N–H and O–H groups in total. The molecule has 2 unspecified atom stereocenters. The van der Waals surface area contributed by atoms with Crippen molar-refractivity contribution in [3.63, 3.8) is 0 Å². The van der Waals surface area contributed by atoms with Crippen LogP contribution in [0.3, 0.4) is 0 Å². The van der Waals surface area contributed by atoms with Crippen molar-refractivity contribution in [3.8, 4) is 0 Å². The number of nitrogens with zero attached hydrogens (tertiary/aromatic N) is 2. The van der Waals surface area contributed by atoms with Crippen LogP contribution in [0.25, 0.3) is 0 Å². The summed E-state index contributed by atoms with van der Waals surface area (Å²) in [6.07, 6.45) is 1.36. The molecule has 1 aromatic heterocycles. The normalized spacial score (nSPS) is 27.2. The summed E-state index contributed by atoms with van der Waals surface area (Å²) in [5, 5.41) is 3.27. The monoisotopic (exact) mass is 258 g/mol. The molecule has 2 nitrogen and oxygen atoms in total. The van der Waals surface area contributed by atoms with E-state index in [1.54, 1.807) is 11.3 Å². The molecule has 0 radical (unpaired) electrons. The van der Waals surface area contributed by atoms with Gasteiger partial charge in [-0.25, -0.2) is 4.98 Å². The minimum atomic E-state index is 0.531. The second-order valence-corrected chi connectivity index (χ2v) is 6.22. The summed E-state index contributed by atoms with van der Waals surface area (Å²) in [5.41, 5.74) is 1.01. The lowest BCUT2D eigenvalue weighted by Gasteiger charge is -2.34. The predicted molar refractivity (Wildman–Crippen MR) is 69.9 cm³/mol. The van der Waals surface area contributed by atoms with Gasteiger partial charge < -0.3 is 0 Å². The summed E-state index contributed by atoms with van der Waals surface area (Å²) in [6.45, 7) is 8.10. The van der Waals surface area contributed by atoms with Gasteiger partial charge in [0.25, 0.3) is 0 Å². The molecule has 0 amide bonds. The van der Waals surface area contributed by atoms with Crippen molar-refractivity contribution in [1.82, 2.24) is 9.88 Å². The van der Waals surface area contributed by atoms with Gasteiger partial charge in [0, 0.05) is 18.5 Å². The van der Waals surface area contributed by atoms with Crippen LogP contribution < -0.4 is 0 Å². The minimum absolute atomic E-state index is 0.531. The fourth-order valence-corrected chi connectivity index (χ4v) is 3.66. The van der Waals surface area contributed by atoms with Crippen LogP contribution in [-0.4, -0.2) is 23.0 Å². The Hall–Kier alpha value is -0.120. The highest BCUT2D eigenvalue weighted by Gasteiger charge is 2.22.